The zero-order chi connectivity index (χ0) is 21.6. The van der Waals surface area contributed by atoms with Crippen LogP contribution in [0.15, 0.2) is 30.5 Å². The fraction of sp³-hybridized carbons (Fsp3) is 0.440. The SMILES string of the molecule is CCSSCC[n+]1ccc(NC(C)=O)cc1/C=C/c1cc2c3c(c1)CCCN3CCC2. The van der Waals surface area contributed by atoms with Crippen LogP contribution in [0.1, 0.15) is 49.1 Å². The topological polar surface area (TPSA) is 36.2 Å². The molecule has 6 heteroatoms. The van der Waals surface area contributed by atoms with E-state index in [1.165, 1.54) is 61.2 Å². The van der Waals surface area contributed by atoms with E-state index in [4.69, 9.17) is 0 Å². The van der Waals surface area contributed by atoms with Crippen molar-refractivity contribution in [1.29, 1.82) is 0 Å². The number of carbonyl (C=O) groups excluding carboxylic acids is 1. The summed E-state index contributed by atoms with van der Waals surface area (Å²) in [5.74, 6) is 2.14. The van der Waals surface area contributed by atoms with Gasteiger partial charge in [0.15, 0.2) is 12.7 Å². The van der Waals surface area contributed by atoms with Crippen molar-refractivity contribution >= 4 is 51.0 Å². The number of nitrogens with one attached hydrogen (secondary N) is 1. The predicted octanol–water partition coefficient (Wildman–Crippen LogP) is 5.20. The Kier molecular flexibility index (Phi) is 7.62. The van der Waals surface area contributed by atoms with Crippen LogP contribution in [0.3, 0.4) is 0 Å². The number of amides is 1. The van der Waals surface area contributed by atoms with Crippen LogP contribution < -0.4 is 14.8 Å². The molecule has 0 bridgehead atoms. The van der Waals surface area contributed by atoms with Crippen molar-refractivity contribution in [3.8, 4) is 0 Å². The average Bonchev–Trinajstić information content (AvgIpc) is 2.76. The molecule has 2 aliphatic heterocycles. The zero-order valence-electron chi connectivity index (χ0n) is 18.5. The second kappa shape index (κ2) is 10.6. The Balaban J connectivity index is 1.60. The van der Waals surface area contributed by atoms with Crippen LogP contribution in [-0.2, 0) is 24.2 Å². The minimum Gasteiger partial charge on any atom is -0.371 e. The Morgan fingerprint density at radius 2 is 1.87 bits per heavy atom. The van der Waals surface area contributed by atoms with Gasteiger partial charge in [0.2, 0.25) is 11.6 Å². The number of carbonyl (C=O) groups is 1. The van der Waals surface area contributed by atoms with E-state index < -0.39 is 0 Å². The van der Waals surface area contributed by atoms with Crippen LogP contribution in [-0.4, -0.2) is 30.5 Å². The Hall–Kier alpha value is -1.92. The lowest BCUT2D eigenvalue weighted by molar-refractivity contribution is -0.693. The third-order valence-corrected chi connectivity index (χ3v) is 8.27. The molecular formula is C25H32N3OS2+. The first-order valence-corrected chi connectivity index (χ1v) is 13.8. The molecule has 0 spiro atoms. The number of hydrogen-bond acceptors (Lipinski definition) is 4. The molecule has 0 saturated heterocycles. The lowest BCUT2D eigenvalue weighted by Gasteiger charge is -2.37. The van der Waals surface area contributed by atoms with Crippen LogP contribution in [0.25, 0.3) is 12.2 Å². The maximum atomic E-state index is 11.5. The first-order valence-electron chi connectivity index (χ1n) is 11.3. The Morgan fingerprint density at radius 3 is 2.55 bits per heavy atom. The Morgan fingerprint density at radius 1 is 1.13 bits per heavy atom. The van der Waals surface area contributed by atoms with E-state index >= 15 is 0 Å². The first-order chi connectivity index (χ1) is 15.1. The van der Waals surface area contributed by atoms with Gasteiger partial charge in [-0.1, -0.05) is 28.5 Å². The first kappa shape index (κ1) is 22.3. The van der Waals surface area contributed by atoms with E-state index in [-0.39, 0.29) is 5.91 Å². The number of aryl methyl sites for hydroxylation is 3. The molecule has 1 N–H and O–H groups in total. The number of hydrogen-bond donors (Lipinski definition) is 1. The maximum absolute atomic E-state index is 11.5. The molecule has 0 fully saturated rings. The summed E-state index contributed by atoms with van der Waals surface area (Å²) in [6, 6.07) is 8.80. The quantitative estimate of drug-likeness (QED) is 0.338. The normalized spacial score (nSPS) is 15.2. The van der Waals surface area contributed by atoms with E-state index in [2.05, 4.69) is 58.3 Å². The van der Waals surface area contributed by atoms with E-state index in [0.29, 0.717) is 0 Å². The molecular weight excluding hydrogens is 422 g/mol. The van der Waals surface area contributed by atoms with Crippen molar-refractivity contribution in [2.45, 2.75) is 46.1 Å². The van der Waals surface area contributed by atoms with Gasteiger partial charge >= 0.3 is 0 Å². The number of aromatic nitrogens is 1. The van der Waals surface area contributed by atoms with Gasteiger partial charge in [-0.25, -0.2) is 0 Å². The summed E-state index contributed by atoms with van der Waals surface area (Å²) in [5.41, 5.74) is 7.77. The fourth-order valence-electron chi connectivity index (χ4n) is 4.56. The molecule has 0 radical (unpaired) electrons. The van der Waals surface area contributed by atoms with Crippen LogP contribution in [0.2, 0.25) is 0 Å². The molecule has 1 amide bonds. The largest absolute Gasteiger partial charge is 0.371 e. The zero-order valence-corrected chi connectivity index (χ0v) is 20.2. The second-order valence-electron chi connectivity index (χ2n) is 8.16. The smallest absolute Gasteiger partial charge is 0.221 e. The number of rotatable bonds is 8. The monoisotopic (exact) mass is 454 g/mol. The molecule has 31 heavy (non-hydrogen) atoms. The maximum Gasteiger partial charge on any atom is 0.221 e. The third kappa shape index (κ3) is 5.66. The summed E-state index contributed by atoms with van der Waals surface area (Å²) in [6.45, 7) is 7.10. The molecule has 0 atom stereocenters. The van der Waals surface area contributed by atoms with Crippen LogP contribution in [0, 0.1) is 0 Å². The highest BCUT2D eigenvalue weighted by Crippen LogP contribution is 2.36. The van der Waals surface area contributed by atoms with Gasteiger partial charge in [-0.15, -0.1) is 0 Å². The van der Waals surface area contributed by atoms with Crippen molar-refractivity contribution < 1.29 is 9.36 Å². The molecule has 1 aromatic carbocycles. The van der Waals surface area contributed by atoms with Crippen molar-refractivity contribution in [1.82, 2.24) is 0 Å². The Labute approximate surface area is 193 Å². The van der Waals surface area contributed by atoms with Crippen LogP contribution in [0.5, 0.6) is 0 Å². The highest BCUT2D eigenvalue weighted by atomic mass is 33.1. The van der Waals surface area contributed by atoms with Crippen molar-refractivity contribution in [3.05, 3.63) is 52.8 Å². The van der Waals surface area contributed by atoms with Gasteiger partial charge < -0.3 is 10.2 Å². The van der Waals surface area contributed by atoms with Gasteiger partial charge in [0.25, 0.3) is 0 Å². The van der Waals surface area contributed by atoms with Gasteiger partial charge in [0, 0.05) is 49.7 Å². The van der Waals surface area contributed by atoms with E-state index in [9.17, 15) is 4.79 Å². The molecule has 4 nitrogen and oxygen atoms in total. The average molecular weight is 455 g/mol. The van der Waals surface area contributed by atoms with Gasteiger partial charge in [0.1, 0.15) is 0 Å². The molecule has 164 valence electrons. The second-order valence-corrected chi connectivity index (χ2v) is 11.0. The summed E-state index contributed by atoms with van der Waals surface area (Å²) >= 11 is 0. The number of anilines is 2. The highest BCUT2D eigenvalue weighted by molar-refractivity contribution is 8.76. The molecule has 1 aromatic heterocycles. The van der Waals surface area contributed by atoms with Crippen LogP contribution in [0.4, 0.5) is 11.4 Å². The fourth-order valence-corrected chi connectivity index (χ4v) is 6.19. The van der Waals surface area contributed by atoms with Crippen molar-refractivity contribution in [2.75, 3.05) is 34.8 Å². The molecule has 0 aliphatic carbocycles. The molecule has 4 rings (SSSR count). The number of pyridine rings is 1. The van der Waals surface area contributed by atoms with Gasteiger partial charge in [-0.2, -0.15) is 4.57 Å². The number of nitrogens with zero attached hydrogens (tertiary/aromatic N) is 2. The molecule has 2 aromatic rings. The lowest BCUT2D eigenvalue weighted by Crippen LogP contribution is -2.37. The predicted molar refractivity (Wildman–Crippen MR) is 136 cm³/mol. The standard InChI is InChI=1S/C25H31N3OS2/c1-3-30-31-15-14-27-13-10-23(26-19(2)29)18-24(27)9-8-20-16-21-6-4-11-28-12-5-7-22(17-20)25(21)28/h8-10,13,16-18H,3-7,11-12,14-15H2,1-2H3/p+1/b9-8+. The summed E-state index contributed by atoms with van der Waals surface area (Å²) < 4.78 is 2.27. The van der Waals surface area contributed by atoms with E-state index in [0.717, 1.165) is 29.4 Å². The van der Waals surface area contributed by atoms with Crippen molar-refractivity contribution in [2.24, 2.45) is 0 Å². The van der Waals surface area contributed by atoms with Crippen LogP contribution >= 0.6 is 21.6 Å². The molecule has 3 heterocycles. The minimum absolute atomic E-state index is 0.0408. The van der Waals surface area contributed by atoms with Gasteiger partial charge in [-0.05, 0) is 60.6 Å². The minimum atomic E-state index is -0.0408. The number of benzene rings is 1. The molecule has 0 saturated carbocycles. The van der Waals surface area contributed by atoms with Gasteiger partial charge in [0.05, 0.1) is 11.4 Å². The summed E-state index contributed by atoms with van der Waals surface area (Å²) in [5, 5.41) is 2.92. The Bertz CT molecular complexity index is 942. The molecule has 0 unspecified atom stereocenters. The molecule has 2 aliphatic rings. The third-order valence-electron chi connectivity index (χ3n) is 5.81. The van der Waals surface area contributed by atoms with E-state index in [1.54, 1.807) is 6.92 Å². The highest BCUT2D eigenvalue weighted by Gasteiger charge is 2.23. The summed E-state index contributed by atoms with van der Waals surface area (Å²) in [6.07, 6.45) is 11.4. The van der Waals surface area contributed by atoms with E-state index in [1.807, 2.05) is 27.7 Å². The lowest BCUT2D eigenvalue weighted by atomic mass is 9.90. The summed E-state index contributed by atoms with van der Waals surface area (Å²) in [4.78, 5) is 14.1. The van der Waals surface area contributed by atoms with Gasteiger partial charge in [-0.3, -0.25) is 4.79 Å². The van der Waals surface area contributed by atoms with Crippen molar-refractivity contribution in [3.63, 3.8) is 0 Å². The summed E-state index contributed by atoms with van der Waals surface area (Å²) in [7, 11) is 3.81.